The maximum Gasteiger partial charge on any atom is 0.338 e. The molecule has 1 fully saturated rings. The number of likely N-dealkylation sites (tertiary alicyclic amines) is 1. The Bertz CT molecular complexity index is 664. The molecule has 6 heteroatoms. The van der Waals surface area contributed by atoms with E-state index >= 15 is 0 Å². The molecule has 2 heterocycles. The van der Waals surface area contributed by atoms with Crippen LogP contribution in [0.2, 0.25) is 0 Å². The highest BCUT2D eigenvalue weighted by molar-refractivity contribution is 5.95. The zero-order chi connectivity index (χ0) is 18.4. The summed E-state index contributed by atoms with van der Waals surface area (Å²) < 4.78 is 5.31. The SMILES string of the molecule is CCOC(=O)C1=C(CN2CCCCCC2)NC(=O)N[C@H]1c1ccccc1. The van der Waals surface area contributed by atoms with Crippen molar-refractivity contribution < 1.29 is 14.3 Å². The van der Waals surface area contributed by atoms with Crippen LogP contribution >= 0.6 is 0 Å². The molecule has 26 heavy (non-hydrogen) atoms. The van der Waals surface area contributed by atoms with E-state index in [1.165, 1.54) is 12.8 Å². The highest BCUT2D eigenvalue weighted by Crippen LogP contribution is 2.28. The van der Waals surface area contributed by atoms with E-state index in [0.29, 0.717) is 24.4 Å². The number of carbonyl (C=O) groups is 2. The fourth-order valence-electron chi connectivity index (χ4n) is 3.61. The number of hydrogen-bond acceptors (Lipinski definition) is 4. The van der Waals surface area contributed by atoms with E-state index in [2.05, 4.69) is 15.5 Å². The van der Waals surface area contributed by atoms with E-state index in [-0.39, 0.29) is 12.0 Å². The number of amides is 2. The normalized spacial score (nSPS) is 21.6. The van der Waals surface area contributed by atoms with Gasteiger partial charge in [-0.1, -0.05) is 43.2 Å². The Hall–Kier alpha value is -2.34. The molecule has 0 aliphatic carbocycles. The summed E-state index contributed by atoms with van der Waals surface area (Å²) in [7, 11) is 0. The molecule has 6 nitrogen and oxygen atoms in total. The van der Waals surface area contributed by atoms with Crippen molar-refractivity contribution in [3.8, 4) is 0 Å². The van der Waals surface area contributed by atoms with E-state index in [0.717, 1.165) is 31.5 Å². The minimum absolute atomic E-state index is 0.281. The Morgan fingerprint density at radius 1 is 1.15 bits per heavy atom. The van der Waals surface area contributed by atoms with Crippen molar-refractivity contribution in [2.45, 2.75) is 38.6 Å². The minimum atomic E-state index is -0.494. The lowest BCUT2D eigenvalue weighted by Gasteiger charge is -2.31. The van der Waals surface area contributed by atoms with E-state index in [4.69, 9.17) is 4.74 Å². The summed E-state index contributed by atoms with van der Waals surface area (Å²) in [6, 6.07) is 8.78. The molecule has 0 bridgehead atoms. The van der Waals surface area contributed by atoms with Gasteiger partial charge < -0.3 is 15.4 Å². The topological polar surface area (TPSA) is 70.7 Å². The van der Waals surface area contributed by atoms with Gasteiger partial charge in [-0.25, -0.2) is 9.59 Å². The van der Waals surface area contributed by atoms with Gasteiger partial charge in [0.15, 0.2) is 0 Å². The third-order valence-corrected chi connectivity index (χ3v) is 4.86. The second-order valence-corrected chi connectivity index (χ2v) is 6.75. The van der Waals surface area contributed by atoms with Gasteiger partial charge in [-0.05, 0) is 38.4 Å². The smallest absolute Gasteiger partial charge is 0.338 e. The molecular weight excluding hydrogens is 330 g/mol. The number of esters is 1. The van der Waals surface area contributed by atoms with Crippen LogP contribution in [-0.2, 0) is 9.53 Å². The number of ether oxygens (including phenoxy) is 1. The van der Waals surface area contributed by atoms with Gasteiger partial charge in [0.05, 0.1) is 18.2 Å². The van der Waals surface area contributed by atoms with Crippen LogP contribution in [0.15, 0.2) is 41.6 Å². The Morgan fingerprint density at radius 2 is 1.85 bits per heavy atom. The lowest BCUT2D eigenvalue weighted by Crippen LogP contribution is -2.48. The molecule has 0 spiro atoms. The first kappa shape index (κ1) is 18.5. The van der Waals surface area contributed by atoms with E-state index in [1.54, 1.807) is 6.92 Å². The highest BCUT2D eigenvalue weighted by Gasteiger charge is 2.34. The molecule has 0 aromatic heterocycles. The molecule has 1 aromatic carbocycles. The number of nitrogens with zero attached hydrogens (tertiary/aromatic N) is 1. The highest BCUT2D eigenvalue weighted by atomic mass is 16.5. The molecule has 1 atom stereocenters. The van der Waals surface area contributed by atoms with Crippen LogP contribution in [0.4, 0.5) is 4.79 Å². The molecule has 2 aliphatic heterocycles. The lowest BCUT2D eigenvalue weighted by atomic mass is 9.95. The van der Waals surface area contributed by atoms with Crippen molar-refractivity contribution in [1.82, 2.24) is 15.5 Å². The Labute approximate surface area is 154 Å². The van der Waals surface area contributed by atoms with Gasteiger partial charge in [0.25, 0.3) is 0 Å². The van der Waals surface area contributed by atoms with Gasteiger partial charge >= 0.3 is 12.0 Å². The van der Waals surface area contributed by atoms with Crippen LogP contribution in [0.1, 0.15) is 44.2 Å². The lowest BCUT2D eigenvalue weighted by molar-refractivity contribution is -0.139. The minimum Gasteiger partial charge on any atom is -0.463 e. The molecule has 140 valence electrons. The Morgan fingerprint density at radius 3 is 2.50 bits per heavy atom. The molecule has 2 amide bonds. The number of nitrogens with one attached hydrogen (secondary N) is 2. The second-order valence-electron chi connectivity index (χ2n) is 6.75. The number of rotatable bonds is 5. The number of hydrogen-bond donors (Lipinski definition) is 2. The Kier molecular flexibility index (Phi) is 6.28. The van der Waals surface area contributed by atoms with Gasteiger partial charge in [0.1, 0.15) is 0 Å². The average molecular weight is 357 g/mol. The van der Waals surface area contributed by atoms with E-state index in [9.17, 15) is 9.59 Å². The van der Waals surface area contributed by atoms with Crippen molar-refractivity contribution in [2.75, 3.05) is 26.2 Å². The van der Waals surface area contributed by atoms with Crippen molar-refractivity contribution in [3.05, 3.63) is 47.2 Å². The zero-order valence-electron chi connectivity index (χ0n) is 15.3. The van der Waals surface area contributed by atoms with Crippen molar-refractivity contribution in [3.63, 3.8) is 0 Å². The van der Waals surface area contributed by atoms with Crippen molar-refractivity contribution in [1.29, 1.82) is 0 Å². The summed E-state index contributed by atoms with van der Waals surface area (Å²) in [4.78, 5) is 27.3. The standard InChI is InChI=1S/C20H27N3O3/c1-2-26-19(24)17-16(14-23-12-8-3-4-9-13-23)21-20(25)22-18(17)15-10-6-5-7-11-15/h5-7,10-11,18H,2-4,8-9,12-14H2,1H3,(H2,21,22,25)/t18-/m0/s1. The molecule has 0 radical (unpaired) electrons. The van der Waals surface area contributed by atoms with Gasteiger partial charge in [-0.15, -0.1) is 0 Å². The fraction of sp³-hybridized carbons (Fsp3) is 0.500. The molecule has 2 aliphatic rings. The summed E-state index contributed by atoms with van der Waals surface area (Å²) in [5.74, 6) is -0.376. The number of urea groups is 1. The summed E-state index contributed by atoms with van der Waals surface area (Å²) in [5.41, 5.74) is 2.03. The van der Waals surface area contributed by atoms with E-state index < -0.39 is 6.04 Å². The van der Waals surface area contributed by atoms with Crippen LogP contribution in [0, 0.1) is 0 Å². The van der Waals surface area contributed by atoms with Gasteiger partial charge in [0.2, 0.25) is 0 Å². The van der Waals surface area contributed by atoms with Crippen LogP contribution in [0.25, 0.3) is 0 Å². The largest absolute Gasteiger partial charge is 0.463 e. The first-order valence-electron chi connectivity index (χ1n) is 9.44. The molecule has 3 rings (SSSR count). The first-order chi connectivity index (χ1) is 12.7. The fourth-order valence-corrected chi connectivity index (χ4v) is 3.61. The van der Waals surface area contributed by atoms with Crippen LogP contribution in [0.5, 0.6) is 0 Å². The van der Waals surface area contributed by atoms with Crippen LogP contribution in [0.3, 0.4) is 0 Å². The predicted octanol–water partition coefficient (Wildman–Crippen LogP) is 2.73. The monoisotopic (exact) mass is 357 g/mol. The molecule has 1 saturated heterocycles. The summed E-state index contributed by atoms with van der Waals surface area (Å²) in [6.45, 7) is 4.62. The van der Waals surface area contributed by atoms with Gasteiger partial charge in [0, 0.05) is 12.2 Å². The quantitative estimate of drug-likeness (QED) is 0.795. The maximum atomic E-state index is 12.7. The second kappa shape index (κ2) is 8.85. The zero-order valence-corrected chi connectivity index (χ0v) is 15.3. The molecular formula is C20H27N3O3. The average Bonchev–Trinajstić information content (AvgIpc) is 2.91. The summed E-state index contributed by atoms with van der Waals surface area (Å²) in [6.07, 6.45) is 4.77. The molecule has 1 aromatic rings. The summed E-state index contributed by atoms with van der Waals surface area (Å²) >= 11 is 0. The summed E-state index contributed by atoms with van der Waals surface area (Å²) in [5, 5.41) is 5.73. The first-order valence-corrected chi connectivity index (χ1v) is 9.44. The number of benzene rings is 1. The van der Waals surface area contributed by atoms with Gasteiger partial charge in [-0.3, -0.25) is 4.90 Å². The Balaban J connectivity index is 1.95. The van der Waals surface area contributed by atoms with Crippen molar-refractivity contribution in [2.24, 2.45) is 0 Å². The van der Waals surface area contributed by atoms with Crippen LogP contribution < -0.4 is 10.6 Å². The van der Waals surface area contributed by atoms with E-state index in [1.807, 2.05) is 30.3 Å². The van der Waals surface area contributed by atoms with Crippen molar-refractivity contribution >= 4 is 12.0 Å². The molecule has 2 N–H and O–H groups in total. The third-order valence-electron chi connectivity index (χ3n) is 4.86. The maximum absolute atomic E-state index is 12.7. The molecule has 0 unspecified atom stereocenters. The predicted molar refractivity (Wildman–Crippen MR) is 99.4 cm³/mol. The van der Waals surface area contributed by atoms with Crippen LogP contribution in [-0.4, -0.2) is 43.1 Å². The number of carbonyl (C=O) groups excluding carboxylic acids is 2. The third kappa shape index (κ3) is 4.43. The van der Waals surface area contributed by atoms with Gasteiger partial charge in [-0.2, -0.15) is 0 Å². The molecule has 0 saturated carbocycles.